The Morgan fingerprint density at radius 2 is 1.18 bits per heavy atom. The summed E-state index contributed by atoms with van der Waals surface area (Å²) in [7, 11) is 3.19. The predicted octanol–water partition coefficient (Wildman–Crippen LogP) is 6.07. The van der Waals surface area contributed by atoms with Gasteiger partial charge in [-0.1, -0.05) is 60.7 Å². The molecular weight excluding hydrogens is 416 g/mol. The van der Waals surface area contributed by atoms with Crippen LogP contribution in [-0.4, -0.2) is 19.3 Å². The molecule has 4 aromatic rings. The SMILES string of the molecule is COc1cc(C(C)O)c(OC)c2c(OCc3ccccc3)ccc(OCc3ccccc3)c12. The first kappa shape index (κ1) is 22.5. The van der Waals surface area contributed by atoms with Crippen LogP contribution in [0.3, 0.4) is 0 Å². The molecule has 4 rings (SSSR count). The van der Waals surface area contributed by atoms with Gasteiger partial charge in [-0.15, -0.1) is 0 Å². The summed E-state index contributed by atoms with van der Waals surface area (Å²) in [5, 5.41) is 11.9. The van der Waals surface area contributed by atoms with Gasteiger partial charge in [0.1, 0.15) is 36.2 Å². The maximum Gasteiger partial charge on any atom is 0.136 e. The van der Waals surface area contributed by atoms with Crippen LogP contribution in [0.2, 0.25) is 0 Å². The van der Waals surface area contributed by atoms with E-state index in [1.165, 1.54) is 0 Å². The number of aliphatic hydroxyl groups excluding tert-OH is 1. The van der Waals surface area contributed by atoms with Crippen LogP contribution in [-0.2, 0) is 13.2 Å². The summed E-state index contributed by atoms with van der Waals surface area (Å²) < 4.78 is 23.9. The maximum atomic E-state index is 10.4. The molecule has 0 spiro atoms. The molecule has 0 aliphatic rings. The van der Waals surface area contributed by atoms with Crippen molar-refractivity contribution in [2.24, 2.45) is 0 Å². The summed E-state index contributed by atoms with van der Waals surface area (Å²) in [5.74, 6) is 2.38. The Morgan fingerprint density at radius 1 is 0.667 bits per heavy atom. The summed E-state index contributed by atoms with van der Waals surface area (Å²) in [6.45, 7) is 2.50. The van der Waals surface area contributed by atoms with Gasteiger partial charge < -0.3 is 24.1 Å². The number of hydrogen-bond donors (Lipinski definition) is 1. The molecule has 1 unspecified atom stereocenters. The zero-order chi connectivity index (χ0) is 23.2. The zero-order valence-corrected chi connectivity index (χ0v) is 19.1. The second-order valence-electron chi connectivity index (χ2n) is 7.74. The molecule has 0 aromatic heterocycles. The van der Waals surface area contributed by atoms with Gasteiger partial charge in [0.05, 0.1) is 31.1 Å². The first-order valence-electron chi connectivity index (χ1n) is 10.9. The lowest BCUT2D eigenvalue weighted by Gasteiger charge is -2.21. The molecule has 170 valence electrons. The number of hydrogen-bond acceptors (Lipinski definition) is 5. The van der Waals surface area contributed by atoms with E-state index in [4.69, 9.17) is 18.9 Å². The minimum atomic E-state index is -0.755. The van der Waals surface area contributed by atoms with Crippen molar-refractivity contribution in [2.75, 3.05) is 14.2 Å². The molecule has 5 nitrogen and oxygen atoms in total. The van der Waals surface area contributed by atoms with Gasteiger partial charge in [0.15, 0.2) is 0 Å². The van der Waals surface area contributed by atoms with Crippen molar-refractivity contribution in [3.63, 3.8) is 0 Å². The number of methoxy groups -OCH3 is 2. The van der Waals surface area contributed by atoms with Gasteiger partial charge in [-0.3, -0.25) is 0 Å². The summed E-state index contributed by atoms with van der Waals surface area (Å²) in [4.78, 5) is 0. The number of fused-ring (bicyclic) bond motifs is 1. The fraction of sp³-hybridized carbons (Fsp3) is 0.214. The smallest absolute Gasteiger partial charge is 0.136 e. The first-order chi connectivity index (χ1) is 16.1. The van der Waals surface area contributed by atoms with Gasteiger partial charge in [-0.25, -0.2) is 0 Å². The van der Waals surface area contributed by atoms with Crippen LogP contribution in [0.1, 0.15) is 29.7 Å². The summed E-state index contributed by atoms with van der Waals surface area (Å²) >= 11 is 0. The molecule has 0 bridgehead atoms. The largest absolute Gasteiger partial charge is 0.496 e. The van der Waals surface area contributed by atoms with E-state index in [1.807, 2.05) is 72.8 Å². The molecular formula is C28H28O5. The van der Waals surface area contributed by atoms with E-state index in [0.29, 0.717) is 47.2 Å². The molecule has 0 heterocycles. The fourth-order valence-corrected chi connectivity index (χ4v) is 3.86. The number of rotatable bonds is 9. The molecule has 5 heteroatoms. The van der Waals surface area contributed by atoms with Crippen LogP contribution >= 0.6 is 0 Å². The third-order valence-corrected chi connectivity index (χ3v) is 5.50. The van der Waals surface area contributed by atoms with Gasteiger partial charge in [0, 0.05) is 5.56 Å². The fourth-order valence-electron chi connectivity index (χ4n) is 3.86. The maximum absolute atomic E-state index is 10.4. The highest BCUT2D eigenvalue weighted by molar-refractivity contribution is 6.03. The summed E-state index contributed by atoms with van der Waals surface area (Å²) in [6, 6.07) is 25.5. The van der Waals surface area contributed by atoms with Crippen molar-refractivity contribution < 1.29 is 24.1 Å². The number of benzene rings is 4. The van der Waals surface area contributed by atoms with Gasteiger partial charge >= 0.3 is 0 Å². The molecule has 0 amide bonds. The van der Waals surface area contributed by atoms with E-state index in [-0.39, 0.29) is 0 Å². The van der Waals surface area contributed by atoms with Crippen molar-refractivity contribution >= 4 is 10.8 Å². The Hall–Kier alpha value is -3.70. The van der Waals surface area contributed by atoms with Gasteiger partial charge in [-0.05, 0) is 36.2 Å². The minimum absolute atomic E-state index is 0.393. The first-order valence-corrected chi connectivity index (χ1v) is 10.9. The highest BCUT2D eigenvalue weighted by Gasteiger charge is 2.23. The van der Waals surface area contributed by atoms with Crippen molar-refractivity contribution in [3.05, 3.63) is 95.6 Å². The Kier molecular flexibility index (Phi) is 7.01. The molecule has 4 aromatic carbocycles. The van der Waals surface area contributed by atoms with E-state index in [1.54, 1.807) is 27.2 Å². The normalized spacial score (nSPS) is 11.8. The van der Waals surface area contributed by atoms with Crippen molar-refractivity contribution in [2.45, 2.75) is 26.2 Å². The highest BCUT2D eigenvalue weighted by Crippen LogP contribution is 2.48. The molecule has 1 atom stereocenters. The molecule has 0 saturated heterocycles. The third kappa shape index (κ3) is 4.89. The van der Waals surface area contributed by atoms with Crippen molar-refractivity contribution in [1.82, 2.24) is 0 Å². The third-order valence-electron chi connectivity index (χ3n) is 5.50. The van der Waals surface area contributed by atoms with Crippen LogP contribution < -0.4 is 18.9 Å². The molecule has 0 aliphatic heterocycles. The van der Waals surface area contributed by atoms with Gasteiger partial charge in [0.25, 0.3) is 0 Å². The Bertz CT molecular complexity index is 1200. The van der Waals surface area contributed by atoms with E-state index < -0.39 is 6.10 Å². The second kappa shape index (κ2) is 10.3. The van der Waals surface area contributed by atoms with Crippen LogP contribution in [0.25, 0.3) is 10.8 Å². The van der Waals surface area contributed by atoms with E-state index in [2.05, 4.69) is 0 Å². The number of aliphatic hydroxyl groups is 1. The quantitative estimate of drug-likeness (QED) is 0.340. The summed E-state index contributed by atoms with van der Waals surface area (Å²) in [6.07, 6.45) is -0.755. The number of ether oxygens (including phenoxy) is 4. The van der Waals surface area contributed by atoms with Crippen molar-refractivity contribution in [1.29, 1.82) is 0 Å². The molecule has 0 fully saturated rings. The second-order valence-corrected chi connectivity index (χ2v) is 7.74. The molecule has 0 saturated carbocycles. The predicted molar refractivity (Wildman–Crippen MR) is 129 cm³/mol. The van der Waals surface area contributed by atoms with E-state index in [0.717, 1.165) is 16.5 Å². The van der Waals surface area contributed by atoms with Crippen molar-refractivity contribution in [3.8, 4) is 23.0 Å². The van der Waals surface area contributed by atoms with Gasteiger partial charge in [-0.2, -0.15) is 0 Å². The lowest BCUT2D eigenvalue weighted by atomic mass is 9.99. The lowest BCUT2D eigenvalue weighted by molar-refractivity contribution is 0.194. The average molecular weight is 445 g/mol. The van der Waals surface area contributed by atoms with Gasteiger partial charge in [0.2, 0.25) is 0 Å². The average Bonchev–Trinajstić information content (AvgIpc) is 2.86. The minimum Gasteiger partial charge on any atom is -0.496 e. The van der Waals surface area contributed by atoms with Crippen LogP contribution in [0.5, 0.6) is 23.0 Å². The molecule has 33 heavy (non-hydrogen) atoms. The van der Waals surface area contributed by atoms with Crippen LogP contribution in [0.4, 0.5) is 0 Å². The Morgan fingerprint density at radius 3 is 1.64 bits per heavy atom. The van der Waals surface area contributed by atoms with E-state index >= 15 is 0 Å². The summed E-state index contributed by atoms with van der Waals surface area (Å²) in [5.41, 5.74) is 2.72. The topological polar surface area (TPSA) is 57.2 Å². The molecule has 0 aliphatic carbocycles. The van der Waals surface area contributed by atoms with Crippen LogP contribution in [0.15, 0.2) is 78.9 Å². The van der Waals surface area contributed by atoms with Crippen LogP contribution in [0, 0.1) is 0 Å². The highest BCUT2D eigenvalue weighted by atomic mass is 16.5. The Balaban J connectivity index is 1.83. The Labute approximate surface area is 194 Å². The van der Waals surface area contributed by atoms with E-state index in [9.17, 15) is 5.11 Å². The zero-order valence-electron chi connectivity index (χ0n) is 19.1. The standard InChI is InChI=1S/C28H28O5/c1-19(29)22-16-25(30-2)26-23(32-17-20-10-6-4-7-11-20)14-15-24(27(26)28(22)31-3)33-18-21-12-8-5-9-13-21/h4-16,19,29H,17-18H2,1-3H3. The lowest BCUT2D eigenvalue weighted by Crippen LogP contribution is -2.04. The molecule has 1 N–H and O–H groups in total. The molecule has 0 radical (unpaired) electrons. The monoisotopic (exact) mass is 444 g/mol.